The zero-order valence-corrected chi connectivity index (χ0v) is 9.40. The molecule has 2 unspecified atom stereocenters. The van der Waals surface area contributed by atoms with Crippen molar-refractivity contribution in [1.82, 2.24) is 4.98 Å². The van der Waals surface area contributed by atoms with E-state index in [-0.39, 0.29) is 6.10 Å². The predicted molar refractivity (Wildman–Crippen MR) is 58.2 cm³/mol. The number of hydrogen-bond acceptors (Lipinski definition) is 3. The van der Waals surface area contributed by atoms with Gasteiger partial charge in [-0.05, 0) is 41.3 Å². The molecule has 2 rings (SSSR count). The van der Waals surface area contributed by atoms with E-state index in [0.717, 1.165) is 23.7 Å². The van der Waals surface area contributed by atoms with Crippen LogP contribution in [0.5, 0.6) is 5.88 Å². The molecule has 1 aromatic heterocycles. The van der Waals surface area contributed by atoms with Crippen LogP contribution in [0.1, 0.15) is 19.3 Å². The molecule has 3 nitrogen and oxygen atoms in total. The number of hydrogen-bond donors (Lipinski definition) is 1. The van der Waals surface area contributed by atoms with E-state index in [1.165, 1.54) is 0 Å². The highest BCUT2D eigenvalue weighted by Crippen LogP contribution is 2.22. The van der Waals surface area contributed by atoms with Crippen LogP contribution in [-0.2, 0) is 0 Å². The topological polar surface area (TPSA) is 48.1 Å². The monoisotopic (exact) mass is 256 g/mol. The zero-order valence-electron chi connectivity index (χ0n) is 7.82. The highest BCUT2D eigenvalue weighted by molar-refractivity contribution is 9.10. The minimum Gasteiger partial charge on any atom is -0.474 e. The van der Waals surface area contributed by atoms with Crippen molar-refractivity contribution in [3.63, 3.8) is 0 Å². The van der Waals surface area contributed by atoms with Gasteiger partial charge in [-0.25, -0.2) is 4.98 Å². The fraction of sp³-hybridized carbons (Fsp3) is 0.500. The summed E-state index contributed by atoms with van der Waals surface area (Å²) in [6.45, 7) is 0. The van der Waals surface area contributed by atoms with E-state index in [1.54, 1.807) is 6.20 Å². The predicted octanol–water partition coefficient (Wildman–Crippen LogP) is 2.10. The molecule has 1 saturated carbocycles. The number of nitrogens with zero attached hydrogens (tertiary/aromatic N) is 1. The second kappa shape index (κ2) is 4.28. The summed E-state index contributed by atoms with van der Waals surface area (Å²) in [5.41, 5.74) is 5.79. The fourth-order valence-electron chi connectivity index (χ4n) is 1.68. The minimum absolute atomic E-state index is 0.249. The van der Waals surface area contributed by atoms with E-state index in [1.807, 2.05) is 12.1 Å². The van der Waals surface area contributed by atoms with Gasteiger partial charge in [0.25, 0.3) is 0 Å². The highest BCUT2D eigenvalue weighted by Gasteiger charge is 2.23. The van der Waals surface area contributed by atoms with Crippen LogP contribution in [-0.4, -0.2) is 17.1 Å². The van der Waals surface area contributed by atoms with Crippen molar-refractivity contribution < 1.29 is 4.74 Å². The van der Waals surface area contributed by atoms with Crippen LogP contribution in [0.3, 0.4) is 0 Å². The molecule has 0 saturated heterocycles. The molecule has 4 heteroatoms. The van der Waals surface area contributed by atoms with Crippen molar-refractivity contribution in [2.75, 3.05) is 0 Å². The Bertz CT molecular complexity index is 301. The molecule has 0 aromatic carbocycles. The average molecular weight is 257 g/mol. The second-order valence-electron chi connectivity index (χ2n) is 3.63. The number of ether oxygens (including phenoxy) is 1. The van der Waals surface area contributed by atoms with Crippen LogP contribution in [0.2, 0.25) is 0 Å². The number of aromatic nitrogens is 1. The van der Waals surface area contributed by atoms with E-state index >= 15 is 0 Å². The Morgan fingerprint density at radius 2 is 2.29 bits per heavy atom. The maximum Gasteiger partial charge on any atom is 0.213 e. The first kappa shape index (κ1) is 9.93. The highest BCUT2D eigenvalue weighted by atomic mass is 79.9. The van der Waals surface area contributed by atoms with Gasteiger partial charge in [-0.15, -0.1) is 0 Å². The number of nitrogens with two attached hydrogens (primary N) is 1. The van der Waals surface area contributed by atoms with Crippen LogP contribution in [0, 0.1) is 0 Å². The largest absolute Gasteiger partial charge is 0.474 e. The molecule has 2 N–H and O–H groups in total. The molecule has 1 heterocycles. The Labute approximate surface area is 91.8 Å². The molecule has 0 amide bonds. The van der Waals surface area contributed by atoms with Crippen molar-refractivity contribution in [3.8, 4) is 5.88 Å². The van der Waals surface area contributed by atoms with E-state index in [9.17, 15) is 0 Å². The molecular formula is C10H13BrN2O. The smallest absolute Gasteiger partial charge is 0.213 e. The first-order valence-corrected chi connectivity index (χ1v) is 5.57. The van der Waals surface area contributed by atoms with Gasteiger partial charge in [0.05, 0.1) is 0 Å². The molecular weight excluding hydrogens is 244 g/mol. The van der Waals surface area contributed by atoms with Crippen LogP contribution in [0.25, 0.3) is 0 Å². The molecule has 0 aliphatic heterocycles. The Hall–Kier alpha value is -0.610. The summed E-state index contributed by atoms with van der Waals surface area (Å²) in [5, 5.41) is 0. The molecule has 1 aliphatic carbocycles. The molecule has 1 aromatic rings. The van der Waals surface area contributed by atoms with Crippen molar-refractivity contribution in [3.05, 3.63) is 22.8 Å². The van der Waals surface area contributed by atoms with Crippen LogP contribution >= 0.6 is 15.9 Å². The molecule has 0 radical (unpaired) electrons. The van der Waals surface area contributed by atoms with Crippen LogP contribution in [0.15, 0.2) is 22.8 Å². The van der Waals surface area contributed by atoms with Gasteiger partial charge in [0, 0.05) is 22.8 Å². The molecule has 1 fully saturated rings. The first-order chi connectivity index (χ1) is 6.74. The second-order valence-corrected chi connectivity index (χ2v) is 4.54. The molecule has 76 valence electrons. The fourth-order valence-corrected chi connectivity index (χ4v) is 1.92. The van der Waals surface area contributed by atoms with Gasteiger partial charge in [0.2, 0.25) is 5.88 Å². The van der Waals surface area contributed by atoms with Crippen molar-refractivity contribution in [1.29, 1.82) is 0 Å². The minimum atomic E-state index is 0.249. The molecule has 2 atom stereocenters. The lowest BCUT2D eigenvalue weighted by molar-refractivity contribution is 0.199. The summed E-state index contributed by atoms with van der Waals surface area (Å²) in [6.07, 6.45) is 5.03. The van der Waals surface area contributed by atoms with Gasteiger partial charge in [-0.2, -0.15) is 0 Å². The Balaban J connectivity index is 1.94. The lowest BCUT2D eigenvalue weighted by Crippen LogP contribution is -2.19. The van der Waals surface area contributed by atoms with Crippen molar-refractivity contribution in [2.24, 2.45) is 5.73 Å². The normalized spacial score (nSPS) is 26.4. The van der Waals surface area contributed by atoms with Crippen molar-refractivity contribution >= 4 is 15.9 Å². The number of halogens is 1. The van der Waals surface area contributed by atoms with Gasteiger partial charge in [-0.1, -0.05) is 0 Å². The number of pyridine rings is 1. The van der Waals surface area contributed by atoms with Crippen LogP contribution < -0.4 is 10.5 Å². The van der Waals surface area contributed by atoms with E-state index in [2.05, 4.69) is 20.9 Å². The molecule has 14 heavy (non-hydrogen) atoms. The first-order valence-electron chi connectivity index (χ1n) is 4.78. The Morgan fingerprint density at radius 3 is 2.86 bits per heavy atom. The summed E-state index contributed by atoms with van der Waals surface area (Å²) in [7, 11) is 0. The lowest BCUT2D eigenvalue weighted by Gasteiger charge is -2.11. The van der Waals surface area contributed by atoms with E-state index in [4.69, 9.17) is 10.5 Å². The van der Waals surface area contributed by atoms with Gasteiger partial charge in [0.15, 0.2) is 0 Å². The summed E-state index contributed by atoms with van der Waals surface area (Å²) in [6, 6.07) is 4.10. The summed E-state index contributed by atoms with van der Waals surface area (Å²) in [5.74, 6) is 0.687. The van der Waals surface area contributed by atoms with Gasteiger partial charge < -0.3 is 10.5 Å². The van der Waals surface area contributed by atoms with Crippen molar-refractivity contribution in [2.45, 2.75) is 31.4 Å². The quantitative estimate of drug-likeness (QED) is 0.882. The Morgan fingerprint density at radius 1 is 1.43 bits per heavy atom. The standard InChI is InChI=1S/C10H13BrN2O/c11-7-1-4-10(13-6-7)14-9-3-2-8(12)5-9/h1,4,6,8-9H,2-3,5,12H2. The zero-order chi connectivity index (χ0) is 9.97. The molecule has 1 aliphatic rings. The van der Waals surface area contributed by atoms with Gasteiger partial charge >= 0.3 is 0 Å². The summed E-state index contributed by atoms with van der Waals surface area (Å²) < 4.78 is 6.65. The maximum absolute atomic E-state index is 5.79. The molecule has 0 spiro atoms. The lowest BCUT2D eigenvalue weighted by atomic mass is 10.3. The summed E-state index contributed by atoms with van der Waals surface area (Å²) in [4.78, 5) is 4.16. The van der Waals surface area contributed by atoms with Gasteiger partial charge in [-0.3, -0.25) is 0 Å². The molecule has 0 bridgehead atoms. The SMILES string of the molecule is NC1CCC(Oc2ccc(Br)cn2)C1. The van der Waals surface area contributed by atoms with E-state index < -0.39 is 0 Å². The third kappa shape index (κ3) is 2.45. The summed E-state index contributed by atoms with van der Waals surface area (Å²) >= 11 is 3.33. The third-order valence-corrected chi connectivity index (χ3v) is 2.88. The average Bonchev–Trinajstić information content (AvgIpc) is 2.56. The number of rotatable bonds is 2. The maximum atomic E-state index is 5.79. The third-order valence-electron chi connectivity index (χ3n) is 2.41. The van der Waals surface area contributed by atoms with Crippen LogP contribution in [0.4, 0.5) is 0 Å². The van der Waals surface area contributed by atoms with E-state index in [0.29, 0.717) is 11.9 Å². The Kier molecular flexibility index (Phi) is 3.03. The van der Waals surface area contributed by atoms with Gasteiger partial charge in [0.1, 0.15) is 6.10 Å².